The lowest BCUT2D eigenvalue weighted by Gasteiger charge is -2.29. The van der Waals surface area contributed by atoms with Gasteiger partial charge >= 0.3 is 5.97 Å². The lowest BCUT2D eigenvalue weighted by molar-refractivity contribution is -0.122. The lowest BCUT2D eigenvalue weighted by atomic mass is 10.1. The van der Waals surface area contributed by atoms with E-state index in [-0.39, 0.29) is 16.2 Å². The van der Waals surface area contributed by atoms with Gasteiger partial charge in [-0.1, -0.05) is 0 Å². The highest BCUT2D eigenvalue weighted by atomic mass is 79.9. The molecule has 2 aromatic carbocycles. The van der Waals surface area contributed by atoms with Crippen LogP contribution in [0.4, 0.5) is 5.69 Å². The van der Waals surface area contributed by atoms with E-state index in [4.69, 9.17) is 26.8 Å². The van der Waals surface area contributed by atoms with Crippen molar-refractivity contribution in [2.45, 2.75) is 13.8 Å². The van der Waals surface area contributed by atoms with Crippen LogP contribution in [0.1, 0.15) is 29.8 Å². The minimum Gasteiger partial charge on any atom is -0.490 e. The summed E-state index contributed by atoms with van der Waals surface area (Å²) in [7, 11) is 0. The normalized spacial score (nSPS) is 15.0. The van der Waals surface area contributed by atoms with Crippen LogP contribution in [-0.2, 0) is 9.59 Å². The molecule has 0 radical (unpaired) electrons. The number of nitrogens with one attached hydrogen (secondary N) is 1. The second kappa shape index (κ2) is 9.92. The van der Waals surface area contributed by atoms with Gasteiger partial charge in [0.2, 0.25) is 0 Å². The Morgan fingerprint density at radius 1 is 1.16 bits per heavy atom. The molecule has 32 heavy (non-hydrogen) atoms. The number of thiocarbonyl (C=S) groups is 1. The van der Waals surface area contributed by atoms with Gasteiger partial charge in [-0.3, -0.25) is 19.8 Å². The number of anilines is 1. The van der Waals surface area contributed by atoms with Gasteiger partial charge < -0.3 is 14.6 Å². The third kappa shape index (κ3) is 4.81. The van der Waals surface area contributed by atoms with Crippen LogP contribution in [0.25, 0.3) is 6.08 Å². The van der Waals surface area contributed by atoms with Gasteiger partial charge in [0.05, 0.1) is 28.9 Å². The number of hydrogen-bond acceptors (Lipinski definition) is 6. The molecule has 0 bridgehead atoms. The number of hydrogen-bond donors (Lipinski definition) is 2. The van der Waals surface area contributed by atoms with E-state index in [0.29, 0.717) is 40.4 Å². The predicted molar refractivity (Wildman–Crippen MR) is 126 cm³/mol. The van der Waals surface area contributed by atoms with Crippen LogP contribution < -0.4 is 19.7 Å². The molecule has 166 valence electrons. The molecule has 0 aromatic heterocycles. The van der Waals surface area contributed by atoms with Crippen molar-refractivity contribution < 1.29 is 29.0 Å². The fourth-order valence-corrected chi connectivity index (χ4v) is 3.89. The molecule has 2 aromatic rings. The fraction of sp³-hybridized carbons (Fsp3) is 0.182. The largest absolute Gasteiger partial charge is 0.490 e. The van der Waals surface area contributed by atoms with Crippen LogP contribution >= 0.6 is 28.1 Å². The van der Waals surface area contributed by atoms with E-state index in [2.05, 4.69) is 21.2 Å². The molecule has 0 atom stereocenters. The molecule has 10 heteroatoms. The highest BCUT2D eigenvalue weighted by Gasteiger charge is 2.34. The van der Waals surface area contributed by atoms with Gasteiger partial charge in [-0.25, -0.2) is 4.79 Å². The Kier molecular flexibility index (Phi) is 7.26. The summed E-state index contributed by atoms with van der Waals surface area (Å²) in [5.74, 6) is -1.37. The Bertz CT molecular complexity index is 1130. The molecule has 3 rings (SSSR count). The molecule has 0 spiro atoms. The first-order chi connectivity index (χ1) is 15.3. The maximum atomic E-state index is 13.2. The van der Waals surface area contributed by atoms with E-state index in [1.165, 1.54) is 30.3 Å². The zero-order valence-corrected chi connectivity index (χ0v) is 19.6. The van der Waals surface area contributed by atoms with Crippen LogP contribution in [0.3, 0.4) is 0 Å². The van der Waals surface area contributed by atoms with Crippen molar-refractivity contribution in [2.24, 2.45) is 0 Å². The van der Waals surface area contributed by atoms with Crippen molar-refractivity contribution in [1.29, 1.82) is 0 Å². The number of benzene rings is 2. The molecule has 1 fully saturated rings. The third-order valence-electron chi connectivity index (χ3n) is 4.41. The summed E-state index contributed by atoms with van der Waals surface area (Å²) in [6.45, 7) is 4.53. The topological polar surface area (TPSA) is 105 Å². The number of carbonyl (C=O) groups is 3. The van der Waals surface area contributed by atoms with E-state index in [1.54, 1.807) is 12.1 Å². The van der Waals surface area contributed by atoms with E-state index in [1.807, 2.05) is 13.8 Å². The first-order valence-corrected chi connectivity index (χ1v) is 10.8. The average molecular weight is 519 g/mol. The molecule has 1 saturated heterocycles. The first kappa shape index (κ1) is 23.4. The highest BCUT2D eigenvalue weighted by Crippen LogP contribution is 2.37. The maximum absolute atomic E-state index is 13.2. The zero-order valence-electron chi connectivity index (χ0n) is 17.2. The summed E-state index contributed by atoms with van der Waals surface area (Å²) in [5, 5.41) is 11.5. The number of carboxylic acids is 1. The SMILES string of the molecule is CCOc1cc(/C=C2\C(=O)NC(=S)N(c3ccc(C(=O)O)cc3)C2=O)cc(Br)c1OCC. The van der Waals surface area contributed by atoms with Crippen LogP contribution in [0, 0.1) is 0 Å². The Morgan fingerprint density at radius 2 is 1.81 bits per heavy atom. The van der Waals surface area contributed by atoms with Gasteiger partial charge in [-0.05, 0) is 90.0 Å². The zero-order chi connectivity index (χ0) is 23.4. The second-order valence-corrected chi connectivity index (χ2v) is 7.75. The Morgan fingerprint density at radius 3 is 2.41 bits per heavy atom. The standard InChI is InChI=1S/C22H19BrN2O6S/c1-3-30-17-11-12(10-16(23)18(17)31-4-2)9-15-19(26)24-22(32)25(20(15)27)14-7-5-13(6-8-14)21(28)29/h5-11H,3-4H2,1-2H3,(H,28,29)(H,24,26,32)/b15-9+. The quantitative estimate of drug-likeness (QED) is 0.326. The molecule has 1 heterocycles. The number of nitrogens with zero attached hydrogens (tertiary/aromatic N) is 1. The number of amides is 2. The maximum Gasteiger partial charge on any atom is 0.335 e. The molecular formula is C22H19BrN2O6S. The number of halogens is 1. The number of carboxylic acid groups (broad SMARTS) is 1. The van der Waals surface area contributed by atoms with E-state index in [9.17, 15) is 14.4 Å². The first-order valence-electron chi connectivity index (χ1n) is 9.60. The van der Waals surface area contributed by atoms with Crippen LogP contribution in [0.5, 0.6) is 11.5 Å². The second-order valence-electron chi connectivity index (χ2n) is 6.51. The number of ether oxygens (including phenoxy) is 2. The van der Waals surface area contributed by atoms with Crippen molar-refractivity contribution in [3.05, 3.63) is 57.6 Å². The van der Waals surface area contributed by atoms with Crippen molar-refractivity contribution in [1.82, 2.24) is 5.32 Å². The average Bonchev–Trinajstić information content (AvgIpc) is 2.74. The van der Waals surface area contributed by atoms with E-state index >= 15 is 0 Å². The monoisotopic (exact) mass is 518 g/mol. The lowest BCUT2D eigenvalue weighted by Crippen LogP contribution is -2.54. The Hall–Kier alpha value is -3.24. The van der Waals surface area contributed by atoms with Gasteiger partial charge in [0.1, 0.15) is 5.57 Å². The number of carbonyl (C=O) groups excluding carboxylic acids is 2. The summed E-state index contributed by atoms with van der Waals surface area (Å²) in [6, 6.07) is 8.98. The van der Waals surface area contributed by atoms with Gasteiger partial charge in [-0.2, -0.15) is 0 Å². The van der Waals surface area contributed by atoms with Gasteiger partial charge in [0.15, 0.2) is 16.6 Å². The molecular weight excluding hydrogens is 500 g/mol. The van der Waals surface area contributed by atoms with Gasteiger partial charge in [-0.15, -0.1) is 0 Å². The summed E-state index contributed by atoms with van der Waals surface area (Å²) in [5.41, 5.74) is 0.793. The molecule has 1 aliphatic heterocycles. The van der Waals surface area contributed by atoms with Crippen molar-refractivity contribution >= 4 is 62.8 Å². The predicted octanol–water partition coefficient (Wildman–Crippen LogP) is 3.78. The Balaban J connectivity index is 2.01. The molecule has 1 aliphatic rings. The van der Waals surface area contributed by atoms with Gasteiger partial charge in [0, 0.05) is 0 Å². The smallest absolute Gasteiger partial charge is 0.335 e. The van der Waals surface area contributed by atoms with Crippen molar-refractivity contribution in [2.75, 3.05) is 18.1 Å². The van der Waals surface area contributed by atoms with Crippen LogP contribution in [0.15, 0.2) is 46.4 Å². The van der Waals surface area contributed by atoms with Crippen molar-refractivity contribution in [3.63, 3.8) is 0 Å². The molecule has 2 N–H and O–H groups in total. The fourth-order valence-electron chi connectivity index (χ4n) is 3.03. The molecule has 8 nitrogen and oxygen atoms in total. The molecule has 0 aliphatic carbocycles. The van der Waals surface area contributed by atoms with Gasteiger partial charge in [0.25, 0.3) is 11.8 Å². The summed E-state index contributed by atoms with van der Waals surface area (Å²) in [6.07, 6.45) is 1.43. The molecule has 0 saturated carbocycles. The Labute approximate surface area is 197 Å². The minimum absolute atomic E-state index is 0.0617. The van der Waals surface area contributed by atoms with E-state index in [0.717, 1.165) is 4.90 Å². The summed E-state index contributed by atoms with van der Waals surface area (Å²) < 4.78 is 11.9. The van der Waals surface area contributed by atoms with Crippen LogP contribution in [-0.4, -0.2) is 41.2 Å². The van der Waals surface area contributed by atoms with Crippen LogP contribution in [0.2, 0.25) is 0 Å². The van der Waals surface area contributed by atoms with E-state index < -0.39 is 17.8 Å². The van der Waals surface area contributed by atoms with Crippen molar-refractivity contribution in [3.8, 4) is 11.5 Å². The third-order valence-corrected chi connectivity index (χ3v) is 5.28. The molecule has 0 unspecified atom stereocenters. The highest BCUT2D eigenvalue weighted by molar-refractivity contribution is 9.10. The minimum atomic E-state index is -1.09. The number of aromatic carboxylic acids is 1. The summed E-state index contributed by atoms with van der Waals surface area (Å²) >= 11 is 8.61. The molecule has 2 amide bonds. The summed E-state index contributed by atoms with van der Waals surface area (Å²) in [4.78, 5) is 37.9. The number of rotatable bonds is 7.